The van der Waals surface area contributed by atoms with Crippen molar-refractivity contribution < 1.29 is 8.78 Å². The molecular formula is C17H12ClF2N3O. The van der Waals surface area contributed by atoms with Crippen LogP contribution in [0.4, 0.5) is 14.5 Å². The Balaban J connectivity index is 2.02. The molecule has 0 saturated heterocycles. The first kappa shape index (κ1) is 15.1. The number of rotatable bonds is 1. The van der Waals surface area contributed by atoms with Gasteiger partial charge >= 0.3 is 0 Å². The summed E-state index contributed by atoms with van der Waals surface area (Å²) < 4.78 is 27.7. The van der Waals surface area contributed by atoms with E-state index in [0.717, 1.165) is 0 Å². The quantitative estimate of drug-likeness (QED) is 0.704. The summed E-state index contributed by atoms with van der Waals surface area (Å²) in [5.41, 5.74) is 1.30. The molecule has 0 bridgehead atoms. The van der Waals surface area contributed by atoms with Crippen molar-refractivity contribution in [1.82, 2.24) is 10.2 Å². The Kier molecular flexibility index (Phi) is 3.31. The van der Waals surface area contributed by atoms with Crippen LogP contribution in [0.1, 0.15) is 24.1 Å². The van der Waals surface area contributed by atoms with Gasteiger partial charge in [-0.05, 0) is 36.8 Å². The van der Waals surface area contributed by atoms with Crippen LogP contribution in [-0.4, -0.2) is 16.2 Å². The van der Waals surface area contributed by atoms with Crippen LogP contribution in [0.2, 0.25) is 5.02 Å². The zero-order valence-electron chi connectivity index (χ0n) is 12.5. The van der Waals surface area contributed by atoms with E-state index in [2.05, 4.69) is 15.5 Å². The molecule has 2 aromatic carbocycles. The highest BCUT2D eigenvalue weighted by Crippen LogP contribution is 2.40. The molecule has 1 aliphatic rings. The molecule has 7 heteroatoms. The summed E-state index contributed by atoms with van der Waals surface area (Å²) in [6.07, 6.45) is 0. The molecule has 2 heterocycles. The predicted octanol–water partition coefficient (Wildman–Crippen LogP) is 3.80. The molecule has 1 aromatic heterocycles. The summed E-state index contributed by atoms with van der Waals surface area (Å²) in [6, 6.07) is 6.91. The van der Waals surface area contributed by atoms with Crippen LogP contribution in [0, 0.1) is 11.6 Å². The molecular weight excluding hydrogens is 336 g/mol. The van der Waals surface area contributed by atoms with E-state index in [4.69, 9.17) is 11.6 Å². The fourth-order valence-electron chi connectivity index (χ4n) is 3.35. The van der Waals surface area contributed by atoms with E-state index in [1.165, 1.54) is 24.3 Å². The van der Waals surface area contributed by atoms with Crippen LogP contribution >= 0.6 is 11.6 Å². The van der Waals surface area contributed by atoms with Gasteiger partial charge in [0.15, 0.2) is 0 Å². The van der Waals surface area contributed by atoms with Crippen LogP contribution in [-0.2, 0) is 0 Å². The topological polar surface area (TPSA) is 57.8 Å². The van der Waals surface area contributed by atoms with Gasteiger partial charge in [0.2, 0.25) is 0 Å². The molecule has 122 valence electrons. The number of aromatic nitrogens is 2. The van der Waals surface area contributed by atoms with E-state index in [0.29, 0.717) is 22.3 Å². The minimum absolute atomic E-state index is 0.0391. The van der Waals surface area contributed by atoms with E-state index in [1.807, 2.05) is 6.92 Å². The zero-order valence-corrected chi connectivity index (χ0v) is 13.3. The first-order valence-electron chi connectivity index (χ1n) is 7.39. The fourth-order valence-corrected chi connectivity index (χ4v) is 3.46. The molecule has 0 aliphatic carbocycles. The van der Waals surface area contributed by atoms with E-state index in [-0.39, 0.29) is 22.4 Å². The van der Waals surface area contributed by atoms with Gasteiger partial charge < -0.3 is 5.32 Å². The molecule has 0 spiro atoms. The number of H-pyrrole nitrogens is 1. The molecule has 0 saturated carbocycles. The first-order valence-corrected chi connectivity index (χ1v) is 7.77. The van der Waals surface area contributed by atoms with Crippen LogP contribution in [0.5, 0.6) is 0 Å². The number of benzene rings is 2. The summed E-state index contributed by atoms with van der Waals surface area (Å²) in [4.78, 5) is 12.0. The molecule has 0 fully saturated rings. The highest BCUT2D eigenvalue weighted by atomic mass is 35.5. The molecule has 2 atom stereocenters. The lowest BCUT2D eigenvalue weighted by atomic mass is 9.83. The fraction of sp³-hybridized carbons (Fsp3) is 0.176. The minimum Gasteiger partial charge on any atom is -0.381 e. The van der Waals surface area contributed by atoms with Crippen LogP contribution in [0.15, 0.2) is 35.1 Å². The van der Waals surface area contributed by atoms with Gasteiger partial charge in [-0.3, -0.25) is 4.79 Å². The third-order valence-electron chi connectivity index (χ3n) is 4.36. The second-order valence-electron chi connectivity index (χ2n) is 5.90. The van der Waals surface area contributed by atoms with E-state index in [9.17, 15) is 13.6 Å². The Bertz CT molecular complexity index is 1030. The number of hydrogen-bond acceptors (Lipinski definition) is 3. The minimum atomic E-state index is -0.521. The number of halogens is 3. The van der Waals surface area contributed by atoms with Crippen molar-refractivity contribution in [3.05, 3.63) is 68.6 Å². The Labute approximate surface area is 140 Å². The average molecular weight is 348 g/mol. The normalized spacial score (nSPS) is 19.3. The highest BCUT2D eigenvalue weighted by Gasteiger charge is 2.32. The highest BCUT2D eigenvalue weighted by molar-refractivity contribution is 6.30. The van der Waals surface area contributed by atoms with Crippen molar-refractivity contribution in [2.45, 2.75) is 18.9 Å². The summed E-state index contributed by atoms with van der Waals surface area (Å²) in [7, 11) is 0. The number of nitrogens with one attached hydrogen (secondary N) is 2. The van der Waals surface area contributed by atoms with Gasteiger partial charge in [-0.2, -0.15) is 5.10 Å². The summed E-state index contributed by atoms with van der Waals surface area (Å²) >= 11 is 5.76. The van der Waals surface area contributed by atoms with Crippen molar-refractivity contribution in [1.29, 1.82) is 0 Å². The van der Waals surface area contributed by atoms with Crippen molar-refractivity contribution in [3.63, 3.8) is 0 Å². The number of hydrogen-bond donors (Lipinski definition) is 2. The van der Waals surface area contributed by atoms with Crippen LogP contribution < -0.4 is 10.9 Å². The molecule has 1 aliphatic heterocycles. The van der Waals surface area contributed by atoms with Gasteiger partial charge in [0.1, 0.15) is 11.6 Å². The Hall–Kier alpha value is -2.47. The van der Waals surface area contributed by atoms with Gasteiger partial charge in [-0.1, -0.05) is 17.7 Å². The third kappa shape index (κ3) is 2.17. The standard InChI is InChI=1S/C17H12ClF2N3O/c1-7-14(8-2-3-11(18)12(20)4-8)16-15-10(17(24)23-22-16)5-9(19)6-13(15)21-7/h2-7,14,21H,1H3,(H,23,24)/t7-,14+/m0/s1. The Morgan fingerprint density at radius 1 is 1.21 bits per heavy atom. The van der Waals surface area contributed by atoms with E-state index < -0.39 is 17.2 Å². The molecule has 4 rings (SSSR count). The zero-order chi connectivity index (χ0) is 17.0. The van der Waals surface area contributed by atoms with Crippen molar-refractivity contribution in [2.24, 2.45) is 0 Å². The Morgan fingerprint density at radius 3 is 2.75 bits per heavy atom. The molecule has 2 N–H and O–H groups in total. The lowest BCUT2D eigenvalue weighted by Gasteiger charge is -2.32. The summed E-state index contributed by atoms with van der Waals surface area (Å²) in [5.74, 6) is -1.34. The van der Waals surface area contributed by atoms with Gasteiger partial charge in [-0.25, -0.2) is 13.9 Å². The SMILES string of the molecule is C[C@@H]1Nc2cc(F)cc3c(=O)[nH]nc(c23)[C@H]1c1ccc(Cl)c(F)c1. The number of anilines is 1. The van der Waals surface area contributed by atoms with Crippen LogP contribution in [0.25, 0.3) is 10.8 Å². The molecule has 3 aromatic rings. The van der Waals surface area contributed by atoms with E-state index in [1.54, 1.807) is 6.07 Å². The molecule has 0 unspecified atom stereocenters. The van der Waals surface area contributed by atoms with E-state index >= 15 is 0 Å². The molecule has 4 nitrogen and oxygen atoms in total. The lowest BCUT2D eigenvalue weighted by Crippen LogP contribution is -2.31. The maximum atomic E-state index is 13.9. The summed E-state index contributed by atoms with van der Waals surface area (Å²) in [6.45, 7) is 1.89. The maximum Gasteiger partial charge on any atom is 0.272 e. The van der Waals surface area contributed by atoms with Gasteiger partial charge in [-0.15, -0.1) is 0 Å². The number of nitrogens with zero attached hydrogens (tertiary/aromatic N) is 1. The third-order valence-corrected chi connectivity index (χ3v) is 4.67. The summed E-state index contributed by atoms with van der Waals surface area (Å²) in [5, 5.41) is 10.6. The largest absolute Gasteiger partial charge is 0.381 e. The van der Waals surface area contributed by atoms with Gasteiger partial charge in [0, 0.05) is 23.0 Å². The molecule has 0 radical (unpaired) electrons. The molecule has 24 heavy (non-hydrogen) atoms. The monoisotopic (exact) mass is 347 g/mol. The van der Waals surface area contributed by atoms with Crippen LogP contribution in [0.3, 0.4) is 0 Å². The second kappa shape index (κ2) is 5.27. The molecule has 0 amide bonds. The van der Waals surface area contributed by atoms with Crippen molar-refractivity contribution in [3.8, 4) is 0 Å². The first-order chi connectivity index (χ1) is 11.5. The number of aromatic amines is 1. The van der Waals surface area contributed by atoms with Gasteiger partial charge in [0.05, 0.1) is 16.1 Å². The van der Waals surface area contributed by atoms with Crippen molar-refractivity contribution in [2.75, 3.05) is 5.32 Å². The van der Waals surface area contributed by atoms with Crippen molar-refractivity contribution >= 4 is 28.1 Å². The predicted molar refractivity (Wildman–Crippen MR) is 88.7 cm³/mol. The second-order valence-corrected chi connectivity index (χ2v) is 6.31. The lowest BCUT2D eigenvalue weighted by molar-refractivity contribution is 0.608. The average Bonchev–Trinajstić information content (AvgIpc) is 2.53. The Morgan fingerprint density at radius 2 is 2.00 bits per heavy atom. The maximum absolute atomic E-state index is 13.9. The smallest absolute Gasteiger partial charge is 0.272 e. The van der Waals surface area contributed by atoms with Gasteiger partial charge in [0.25, 0.3) is 5.56 Å².